The molecule has 1 heterocycles. The number of rotatable bonds is 4. The molecule has 3 nitrogen and oxygen atoms in total. The number of benzene rings is 1. The van der Waals surface area contributed by atoms with Gasteiger partial charge in [0, 0.05) is 22.8 Å². The van der Waals surface area contributed by atoms with E-state index in [9.17, 15) is 4.79 Å². The molecular formula is C14H16ClNO2. The van der Waals surface area contributed by atoms with Crippen LogP contribution in [0, 0.1) is 0 Å². The van der Waals surface area contributed by atoms with Crippen molar-refractivity contribution < 1.29 is 9.53 Å². The molecule has 0 bridgehead atoms. The van der Waals surface area contributed by atoms with E-state index in [1.54, 1.807) is 0 Å². The second kappa shape index (κ2) is 5.44. The fourth-order valence-corrected chi connectivity index (χ4v) is 2.23. The molecule has 2 rings (SSSR count). The van der Waals surface area contributed by atoms with Crippen molar-refractivity contribution in [1.82, 2.24) is 4.57 Å². The van der Waals surface area contributed by atoms with Crippen molar-refractivity contribution in [2.75, 3.05) is 6.61 Å². The standard InChI is InChI=1S/C14H16ClNO2/c1-3-18-14(17)8-10(2)16-7-6-11-4-5-12(15)9-13(11)16/h4-7,9-10H,3,8H2,1-2H3. The molecule has 1 unspecified atom stereocenters. The van der Waals surface area contributed by atoms with E-state index in [1.165, 1.54) is 0 Å². The van der Waals surface area contributed by atoms with Crippen molar-refractivity contribution in [3.8, 4) is 0 Å². The van der Waals surface area contributed by atoms with Gasteiger partial charge in [0.2, 0.25) is 0 Å². The SMILES string of the molecule is CCOC(=O)CC(C)n1ccc2ccc(Cl)cc21. The van der Waals surface area contributed by atoms with Crippen LogP contribution in [-0.2, 0) is 9.53 Å². The Balaban J connectivity index is 2.24. The van der Waals surface area contributed by atoms with Gasteiger partial charge in [-0.1, -0.05) is 17.7 Å². The number of aromatic nitrogens is 1. The van der Waals surface area contributed by atoms with Gasteiger partial charge in [-0.25, -0.2) is 0 Å². The third-order valence-electron chi connectivity index (χ3n) is 2.93. The van der Waals surface area contributed by atoms with Crippen LogP contribution in [0.3, 0.4) is 0 Å². The predicted molar refractivity (Wildman–Crippen MR) is 72.9 cm³/mol. The number of nitrogens with zero attached hydrogens (tertiary/aromatic N) is 1. The molecule has 1 aromatic carbocycles. The van der Waals surface area contributed by atoms with Crippen LogP contribution in [-0.4, -0.2) is 17.1 Å². The Kier molecular flexibility index (Phi) is 3.92. The van der Waals surface area contributed by atoms with E-state index in [1.807, 2.05) is 44.3 Å². The fourth-order valence-electron chi connectivity index (χ4n) is 2.07. The van der Waals surface area contributed by atoms with Crippen LogP contribution in [0.1, 0.15) is 26.3 Å². The quantitative estimate of drug-likeness (QED) is 0.787. The lowest BCUT2D eigenvalue weighted by Gasteiger charge is -2.14. The van der Waals surface area contributed by atoms with Crippen molar-refractivity contribution in [2.24, 2.45) is 0 Å². The lowest BCUT2D eigenvalue weighted by atomic mass is 10.2. The van der Waals surface area contributed by atoms with Crippen LogP contribution in [0.15, 0.2) is 30.5 Å². The first kappa shape index (κ1) is 13.0. The molecule has 0 fully saturated rings. The number of hydrogen-bond acceptors (Lipinski definition) is 2. The average Bonchev–Trinajstić information content (AvgIpc) is 2.71. The molecule has 96 valence electrons. The van der Waals surface area contributed by atoms with Gasteiger partial charge in [-0.3, -0.25) is 4.79 Å². The molecule has 0 saturated carbocycles. The van der Waals surface area contributed by atoms with Gasteiger partial charge in [0.25, 0.3) is 0 Å². The number of hydrogen-bond donors (Lipinski definition) is 0. The zero-order chi connectivity index (χ0) is 13.1. The Bertz CT molecular complexity index is 562. The van der Waals surface area contributed by atoms with Gasteiger partial charge in [0.05, 0.1) is 13.0 Å². The number of halogens is 1. The summed E-state index contributed by atoms with van der Waals surface area (Å²) in [5.41, 5.74) is 1.04. The number of esters is 1. The summed E-state index contributed by atoms with van der Waals surface area (Å²) in [6, 6.07) is 7.83. The summed E-state index contributed by atoms with van der Waals surface area (Å²) in [5, 5.41) is 1.82. The van der Waals surface area contributed by atoms with Gasteiger partial charge in [-0.2, -0.15) is 0 Å². The second-order valence-electron chi connectivity index (χ2n) is 4.28. The zero-order valence-electron chi connectivity index (χ0n) is 10.5. The maximum absolute atomic E-state index is 11.5. The van der Waals surface area contributed by atoms with E-state index in [4.69, 9.17) is 16.3 Å². The first-order valence-electron chi connectivity index (χ1n) is 6.03. The van der Waals surface area contributed by atoms with Crippen LogP contribution in [0.2, 0.25) is 5.02 Å². The van der Waals surface area contributed by atoms with Crippen LogP contribution >= 0.6 is 11.6 Å². The van der Waals surface area contributed by atoms with Crippen molar-refractivity contribution in [2.45, 2.75) is 26.3 Å². The van der Waals surface area contributed by atoms with Crippen LogP contribution in [0.5, 0.6) is 0 Å². The molecule has 0 aliphatic carbocycles. The lowest BCUT2D eigenvalue weighted by Crippen LogP contribution is -2.12. The number of carbonyl (C=O) groups excluding carboxylic acids is 1. The maximum atomic E-state index is 11.5. The van der Waals surface area contributed by atoms with E-state index in [0.717, 1.165) is 10.9 Å². The largest absolute Gasteiger partial charge is 0.466 e. The lowest BCUT2D eigenvalue weighted by molar-refractivity contribution is -0.143. The molecule has 2 aromatic rings. The van der Waals surface area contributed by atoms with E-state index in [0.29, 0.717) is 18.1 Å². The van der Waals surface area contributed by atoms with E-state index in [2.05, 4.69) is 4.57 Å². The molecule has 4 heteroatoms. The van der Waals surface area contributed by atoms with E-state index >= 15 is 0 Å². The smallest absolute Gasteiger partial charge is 0.307 e. The average molecular weight is 266 g/mol. The molecule has 1 atom stereocenters. The summed E-state index contributed by atoms with van der Waals surface area (Å²) in [7, 11) is 0. The summed E-state index contributed by atoms with van der Waals surface area (Å²) in [6.07, 6.45) is 2.34. The number of carbonyl (C=O) groups is 1. The summed E-state index contributed by atoms with van der Waals surface area (Å²) >= 11 is 6.00. The minimum Gasteiger partial charge on any atom is -0.466 e. The highest BCUT2D eigenvalue weighted by molar-refractivity contribution is 6.31. The normalized spacial score (nSPS) is 12.6. The van der Waals surface area contributed by atoms with Crippen molar-refractivity contribution >= 4 is 28.5 Å². The second-order valence-corrected chi connectivity index (χ2v) is 4.72. The molecular weight excluding hydrogens is 250 g/mol. The van der Waals surface area contributed by atoms with Gasteiger partial charge in [-0.05, 0) is 37.4 Å². The van der Waals surface area contributed by atoms with Gasteiger partial charge in [-0.15, -0.1) is 0 Å². The van der Waals surface area contributed by atoms with Gasteiger partial charge < -0.3 is 9.30 Å². The van der Waals surface area contributed by atoms with E-state index in [-0.39, 0.29) is 12.0 Å². The summed E-state index contributed by atoms with van der Waals surface area (Å²) in [5.74, 6) is -0.172. The van der Waals surface area contributed by atoms with Gasteiger partial charge in [0.15, 0.2) is 0 Å². The Morgan fingerprint density at radius 3 is 2.94 bits per heavy atom. The molecule has 1 aromatic heterocycles. The van der Waals surface area contributed by atoms with Crippen LogP contribution < -0.4 is 0 Å². The fraction of sp³-hybridized carbons (Fsp3) is 0.357. The third-order valence-corrected chi connectivity index (χ3v) is 3.16. The number of ether oxygens (including phenoxy) is 1. The predicted octanol–water partition coefficient (Wildman–Crippen LogP) is 3.81. The molecule has 18 heavy (non-hydrogen) atoms. The highest BCUT2D eigenvalue weighted by atomic mass is 35.5. The Morgan fingerprint density at radius 2 is 2.22 bits per heavy atom. The molecule has 0 spiro atoms. The van der Waals surface area contributed by atoms with Crippen LogP contribution in [0.4, 0.5) is 0 Å². The molecule has 0 aliphatic rings. The molecule has 0 saturated heterocycles. The third kappa shape index (κ3) is 2.67. The van der Waals surface area contributed by atoms with Crippen molar-refractivity contribution in [1.29, 1.82) is 0 Å². The van der Waals surface area contributed by atoms with Crippen LogP contribution in [0.25, 0.3) is 10.9 Å². The maximum Gasteiger partial charge on any atom is 0.307 e. The molecule has 0 radical (unpaired) electrons. The summed E-state index contributed by atoms with van der Waals surface area (Å²) < 4.78 is 7.02. The Labute approximate surface area is 111 Å². The Hall–Kier alpha value is -1.48. The highest BCUT2D eigenvalue weighted by Crippen LogP contribution is 2.25. The summed E-state index contributed by atoms with van der Waals surface area (Å²) in [6.45, 7) is 4.23. The molecule has 0 amide bonds. The molecule has 0 aliphatic heterocycles. The van der Waals surface area contributed by atoms with Crippen molar-refractivity contribution in [3.05, 3.63) is 35.5 Å². The number of fused-ring (bicyclic) bond motifs is 1. The Morgan fingerprint density at radius 1 is 1.44 bits per heavy atom. The minimum atomic E-state index is -0.172. The molecule has 0 N–H and O–H groups in total. The van der Waals surface area contributed by atoms with Gasteiger partial charge >= 0.3 is 5.97 Å². The van der Waals surface area contributed by atoms with E-state index < -0.39 is 0 Å². The highest BCUT2D eigenvalue weighted by Gasteiger charge is 2.13. The summed E-state index contributed by atoms with van der Waals surface area (Å²) in [4.78, 5) is 11.5. The van der Waals surface area contributed by atoms with Crippen molar-refractivity contribution in [3.63, 3.8) is 0 Å². The minimum absolute atomic E-state index is 0.0556. The monoisotopic (exact) mass is 265 g/mol. The van der Waals surface area contributed by atoms with Gasteiger partial charge in [0.1, 0.15) is 0 Å². The first-order valence-corrected chi connectivity index (χ1v) is 6.41. The first-order chi connectivity index (χ1) is 8.61. The zero-order valence-corrected chi connectivity index (χ0v) is 11.3. The topological polar surface area (TPSA) is 31.2 Å².